The van der Waals surface area contributed by atoms with Crippen LogP contribution in [0.25, 0.3) is 6.08 Å². The minimum atomic E-state index is -0.211. The summed E-state index contributed by atoms with van der Waals surface area (Å²) in [5, 5.41) is 5.62. The molecule has 0 spiro atoms. The molecule has 27 heavy (non-hydrogen) atoms. The molecule has 0 radical (unpaired) electrons. The molecular weight excluding hydrogens is 336 g/mol. The number of hydrogen-bond acceptors (Lipinski definition) is 2. The highest BCUT2D eigenvalue weighted by Crippen LogP contribution is 2.15. The molecule has 2 N–H and O–H groups in total. The maximum Gasteiger partial charge on any atom is 0.255 e. The van der Waals surface area contributed by atoms with Crippen molar-refractivity contribution in [2.24, 2.45) is 0 Å². The smallest absolute Gasteiger partial charge is 0.255 e. The lowest BCUT2D eigenvalue weighted by Crippen LogP contribution is -2.12. The Hall–Kier alpha value is -3.66. The van der Waals surface area contributed by atoms with Gasteiger partial charge >= 0.3 is 0 Å². The molecule has 2 amide bonds. The molecule has 4 nitrogen and oxygen atoms in total. The van der Waals surface area contributed by atoms with Gasteiger partial charge in [0.15, 0.2) is 0 Å². The number of hydrogen-bond donors (Lipinski definition) is 2. The quantitative estimate of drug-likeness (QED) is 0.639. The third kappa shape index (κ3) is 5.41. The summed E-state index contributed by atoms with van der Waals surface area (Å²) in [5.41, 5.74) is 4.06. The van der Waals surface area contributed by atoms with E-state index in [1.807, 2.05) is 49.4 Å². The molecule has 0 fully saturated rings. The molecule has 0 bridgehead atoms. The second-order valence-electron chi connectivity index (χ2n) is 6.13. The van der Waals surface area contributed by atoms with Crippen LogP contribution in [0.5, 0.6) is 0 Å². The van der Waals surface area contributed by atoms with Gasteiger partial charge in [-0.2, -0.15) is 0 Å². The molecule has 3 aromatic rings. The summed E-state index contributed by atoms with van der Waals surface area (Å²) in [7, 11) is 0. The second-order valence-corrected chi connectivity index (χ2v) is 6.13. The van der Waals surface area contributed by atoms with Crippen molar-refractivity contribution in [2.75, 3.05) is 10.6 Å². The van der Waals surface area contributed by atoms with E-state index in [1.165, 1.54) is 11.6 Å². The highest BCUT2D eigenvalue weighted by Gasteiger charge is 2.05. The van der Waals surface area contributed by atoms with Gasteiger partial charge in [0.05, 0.1) is 0 Å². The van der Waals surface area contributed by atoms with Crippen molar-refractivity contribution >= 4 is 29.3 Å². The highest BCUT2D eigenvalue weighted by molar-refractivity contribution is 6.05. The van der Waals surface area contributed by atoms with Crippen LogP contribution >= 0.6 is 0 Å². The molecule has 0 heterocycles. The SMILES string of the molecule is Cc1ccc(/C=C/C(=O)Nc2ccc(NC(=O)c3ccccc3)cc2)cc1. The number of carbonyl (C=O) groups excluding carboxylic acids is 2. The topological polar surface area (TPSA) is 58.2 Å². The van der Waals surface area contributed by atoms with Crippen LogP contribution in [-0.4, -0.2) is 11.8 Å². The van der Waals surface area contributed by atoms with Crippen LogP contribution in [0.3, 0.4) is 0 Å². The molecule has 4 heteroatoms. The molecule has 0 saturated heterocycles. The Labute approximate surface area is 158 Å². The van der Waals surface area contributed by atoms with Crippen LogP contribution in [-0.2, 0) is 4.79 Å². The predicted molar refractivity (Wildman–Crippen MR) is 110 cm³/mol. The number of aryl methyl sites for hydroxylation is 1. The Morgan fingerprint density at radius 3 is 1.96 bits per heavy atom. The van der Waals surface area contributed by atoms with E-state index in [2.05, 4.69) is 10.6 Å². The van der Waals surface area contributed by atoms with Crippen molar-refractivity contribution in [3.8, 4) is 0 Å². The van der Waals surface area contributed by atoms with Gasteiger partial charge in [0, 0.05) is 23.0 Å². The molecule has 3 rings (SSSR count). The molecular formula is C23H20N2O2. The van der Waals surface area contributed by atoms with E-state index in [9.17, 15) is 9.59 Å². The van der Waals surface area contributed by atoms with E-state index < -0.39 is 0 Å². The molecule has 0 aliphatic carbocycles. The third-order valence-electron chi connectivity index (χ3n) is 3.95. The first-order chi connectivity index (χ1) is 13.1. The lowest BCUT2D eigenvalue weighted by Gasteiger charge is -2.07. The Bertz CT molecular complexity index is 944. The van der Waals surface area contributed by atoms with Crippen LogP contribution in [0.15, 0.2) is 84.9 Å². The van der Waals surface area contributed by atoms with Crippen molar-refractivity contribution in [1.29, 1.82) is 0 Å². The minimum Gasteiger partial charge on any atom is -0.323 e. The van der Waals surface area contributed by atoms with Crippen molar-refractivity contribution in [3.05, 3.63) is 102 Å². The van der Waals surface area contributed by atoms with Gasteiger partial charge in [0.25, 0.3) is 5.91 Å². The summed E-state index contributed by atoms with van der Waals surface area (Å²) in [4.78, 5) is 24.2. The number of benzene rings is 3. The Morgan fingerprint density at radius 1 is 0.741 bits per heavy atom. The monoisotopic (exact) mass is 356 g/mol. The van der Waals surface area contributed by atoms with E-state index in [-0.39, 0.29) is 11.8 Å². The molecule has 0 aliphatic heterocycles. The molecule has 0 aliphatic rings. The maximum absolute atomic E-state index is 12.1. The molecule has 134 valence electrons. The first kappa shape index (κ1) is 18.1. The summed E-state index contributed by atoms with van der Waals surface area (Å²) in [5.74, 6) is -0.384. The van der Waals surface area contributed by atoms with Crippen molar-refractivity contribution in [2.45, 2.75) is 6.92 Å². The zero-order chi connectivity index (χ0) is 19.1. The third-order valence-corrected chi connectivity index (χ3v) is 3.95. The number of anilines is 2. The number of nitrogens with one attached hydrogen (secondary N) is 2. The first-order valence-electron chi connectivity index (χ1n) is 8.62. The second kappa shape index (κ2) is 8.63. The van der Waals surface area contributed by atoms with Gasteiger partial charge in [0.1, 0.15) is 0 Å². The predicted octanol–water partition coefficient (Wildman–Crippen LogP) is 4.90. The summed E-state index contributed by atoms with van der Waals surface area (Å²) in [6, 6.07) is 23.9. The van der Waals surface area contributed by atoms with Gasteiger partial charge < -0.3 is 10.6 Å². The van der Waals surface area contributed by atoms with Gasteiger partial charge in [0.2, 0.25) is 5.91 Å². The van der Waals surface area contributed by atoms with Crippen LogP contribution in [0.4, 0.5) is 11.4 Å². The molecule has 0 atom stereocenters. The average Bonchev–Trinajstić information content (AvgIpc) is 2.70. The van der Waals surface area contributed by atoms with Crippen LogP contribution in [0.1, 0.15) is 21.5 Å². The fraction of sp³-hybridized carbons (Fsp3) is 0.0435. The van der Waals surface area contributed by atoms with Crippen LogP contribution in [0, 0.1) is 6.92 Å². The summed E-state index contributed by atoms with van der Waals surface area (Å²) >= 11 is 0. The van der Waals surface area contributed by atoms with Crippen molar-refractivity contribution < 1.29 is 9.59 Å². The molecule has 3 aromatic carbocycles. The van der Waals surface area contributed by atoms with E-state index in [4.69, 9.17) is 0 Å². The zero-order valence-electron chi connectivity index (χ0n) is 15.0. The van der Waals surface area contributed by atoms with Crippen molar-refractivity contribution in [3.63, 3.8) is 0 Å². The standard InChI is InChI=1S/C23H20N2O2/c1-17-7-9-18(10-8-17)11-16-22(26)24-20-12-14-21(15-13-20)25-23(27)19-5-3-2-4-6-19/h2-16H,1H3,(H,24,26)(H,25,27)/b16-11+. The van der Waals surface area contributed by atoms with E-state index >= 15 is 0 Å². The lowest BCUT2D eigenvalue weighted by molar-refractivity contribution is -0.111. The van der Waals surface area contributed by atoms with Gasteiger partial charge in [-0.25, -0.2) is 0 Å². The summed E-state index contributed by atoms with van der Waals surface area (Å²) < 4.78 is 0. The Morgan fingerprint density at radius 2 is 1.33 bits per heavy atom. The van der Waals surface area contributed by atoms with Gasteiger partial charge in [-0.3, -0.25) is 9.59 Å². The van der Waals surface area contributed by atoms with Gasteiger partial charge in [-0.05, 0) is 55.0 Å². The fourth-order valence-corrected chi connectivity index (χ4v) is 2.46. The Kier molecular flexibility index (Phi) is 5.80. The van der Waals surface area contributed by atoms with Crippen LogP contribution in [0.2, 0.25) is 0 Å². The van der Waals surface area contributed by atoms with E-state index in [1.54, 1.807) is 42.5 Å². The number of carbonyl (C=O) groups is 2. The van der Waals surface area contributed by atoms with E-state index in [0.717, 1.165) is 5.56 Å². The van der Waals surface area contributed by atoms with Gasteiger partial charge in [-0.15, -0.1) is 0 Å². The maximum atomic E-state index is 12.1. The Balaban J connectivity index is 1.56. The van der Waals surface area contributed by atoms with Gasteiger partial charge in [-0.1, -0.05) is 48.0 Å². The average molecular weight is 356 g/mol. The first-order valence-corrected chi connectivity index (χ1v) is 8.62. The normalized spacial score (nSPS) is 10.6. The lowest BCUT2D eigenvalue weighted by atomic mass is 10.1. The summed E-state index contributed by atoms with van der Waals surface area (Å²) in [6.07, 6.45) is 3.26. The zero-order valence-corrected chi connectivity index (χ0v) is 15.0. The molecule has 0 aromatic heterocycles. The molecule has 0 unspecified atom stereocenters. The minimum absolute atomic E-state index is 0.173. The van der Waals surface area contributed by atoms with Crippen molar-refractivity contribution in [1.82, 2.24) is 0 Å². The number of amides is 2. The summed E-state index contributed by atoms with van der Waals surface area (Å²) in [6.45, 7) is 2.02. The highest BCUT2D eigenvalue weighted by atomic mass is 16.2. The number of rotatable bonds is 5. The molecule has 0 saturated carbocycles. The van der Waals surface area contributed by atoms with Crippen LogP contribution < -0.4 is 10.6 Å². The van der Waals surface area contributed by atoms with E-state index in [0.29, 0.717) is 16.9 Å². The fourth-order valence-electron chi connectivity index (χ4n) is 2.46. The largest absolute Gasteiger partial charge is 0.323 e.